The molecule has 5 heteroatoms. The van der Waals surface area contributed by atoms with E-state index >= 15 is 0 Å². The molecule has 5 nitrogen and oxygen atoms in total. The Hall–Kier alpha value is -2.40. The smallest absolute Gasteiger partial charge is 0.337 e. The number of aromatic carboxylic acids is 1. The number of ether oxygens (including phenoxy) is 1. The summed E-state index contributed by atoms with van der Waals surface area (Å²) >= 11 is 0. The fraction of sp³-hybridized carbons (Fsp3) is 0.400. The van der Waals surface area contributed by atoms with E-state index in [1.54, 1.807) is 25.4 Å². The summed E-state index contributed by atoms with van der Waals surface area (Å²) in [7, 11) is 1.68. The first-order chi connectivity index (χ1) is 12.2. The largest absolute Gasteiger partial charge is 0.497 e. The molecular formula is C20H24N2O3. The van der Waals surface area contributed by atoms with Gasteiger partial charge in [-0.25, -0.2) is 4.79 Å². The topological polar surface area (TPSA) is 62.7 Å². The molecule has 2 heterocycles. The molecule has 0 spiro atoms. The molecule has 3 rings (SSSR count). The first-order valence-electron chi connectivity index (χ1n) is 8.68. The number of pyridine rings is 1. The zero-order chi connectivity index (χ0) is 17.6. The predicted molar refractivity (Wildman–Crippen MR) is 95.9 cm³/mol. The lowest BCUT2D eigenvalue weighted by atomic mass is 9.90. The fourth-order valence-electron chi connectivity index (χ4n) is 3.41. The van der Waals surface area contributed by atoms with E-state index in [1.165, 1.54) is 5.56 Å². The molecule has 1 N–H and O–H groups in total. The van der Waals surface area contributed by atoms with Gasteiger partial charge >= 0.3 is 5.97 Å². The minimum atomic E-state index is -0.905. The zero-order valence-corrected chi connectivity index (χ0v) is 14.5. The second kappa shape index (κ2) is 8.12. The minimum absolute atomic E-state index is 0.308. The normalized spacial score (nSPS) is 15.9. The summed E-state index contributed by atoms with van der Waals surface area (Å²) in [6, 6.07) is 11.6. The Morgan fingerprint density at radius 2 is 1.96 bits per heavy atom. The predicted octanol–water partition coefficient (Wildman–Crippen LogP) is 3.24. The molecule has 0 saturated carbocycles. The van der Waals surface area contributed by atoms with Gasteiger partial charge in [-0.3, -0.25) is 9.88 Å². The van der Waals surface area contributed by atoms with Gasteiger partial charge < -0.3 is 9.84 Å². The van der Waals surface area contributed by atoms with Crippen LogP contribution in [0.2, 0.25) is 0 Å². The van der Waals surface area contributed by atoms with Gasteiger partial charge in [0.25, 0.3) is 0 Å². The molecule has 132 valence electrons. The van der Waals surface area contributed by atoms with Gasteiger partial charge in [-0.1, -0.05) is 12.1 Å². The van der Waals surface area contributed by atoms with Crippen LogP contribution >= 0.6 is 0 Å². The first-order valence-corrected chi connectivity index (χ1v) is 8.68. The second-order valence-electron chi connectivity index (χ2n) is 6.57. The third-order valence-electron chi connectivity index (χ3n) is 4.88. The molecule has 1 saturated heterocycles. The zero-order valence-electron chi connectivity index (χ0n) is 14.5. The minimum Gasteiger partial charge on any atom is -0.497 e. The number of carboxylic acid groups (broad SMARTS) is 1. The van der Waals surface area contributed by atoms with E-state index in [-0.39, 0.29) is 0 Å². The Balaban J connectivity index is 1.52. The van der Waals surface area contributed by atoms with Crippen molar-refractivity contribution in [2.24, 2.45) is 5.92 Å². The molecule has 0 unspecified atom stereocenters. The van der Waals surface area contributed by atoms with E-state index in [0.717, 1.165) is 38.1 Å². The molecule has 1 aliphatic rings. The second-order valence-corrected chi connectivity index (χ2v) is 6.57. The number of methoxy groups -OCH3 is 1. The van der Waals surface area contributed by atoms with Crippen molar-refractivity contribution >= 4 is 5.97 Å². The van der Waals surface area contributed by atoms with Crippen LogP contribution in [0.15, 0.2) is 42.6 Å². The number of hydrogen-bond donors (Lipinski definition) is 1. The van der Waals surface area contributed by atoms with E-state index in [4.69, 9.17) is 4.74 Å². The Bertz CT molecular complexity index is 707. The van der Waals surface area contributed by atoms with E-state index in [1.807, 2.05) is 12.1 Å². The highest BCUT2D eigenvalue weighted by Crippen LogP contribution is 2.24. The van der Waals surface area contributed by atoms with E-state index < -0.39 is 5.97 Å². The van der Waals surface area contributed by atoms with Gasteiger partial charge in [0.1, 0.15) is 5.75 Å². The van der Waals surface area contributed by atoms with Crippen molar-refractivity contribution in [1.29, 1.82) is 0 Å². The number of carboxylic acids is 1. The van der Waals surface area contributed by atoms with Crippen LogP contribution in [0, 0.1) is 5.92 Å². The highest BCUT2D eigenvalue weighted by atomic mass is 16.5. The summed E-state index contributed by atoms with van der Waals surface area (Å²) in [5.74, 6) is 0.660. The molecule has 1 aliphatic heterocycles. The van der Waals surface area contributed by atoms with Crippen molar-refractivity contribution < 1.29 is 14.6 Å². The Morgan fingerprint density at radius 1 is 1.24 bits per heavy atom. The maximum atomic E-state index is 11.3. The van der Waals surface area contributed by atoms with Crippen LogP contribution in [-0.4, -0.2) is 41.2 Å². The molecule has 1 fully saturated rings. The van der Waals surface area contributed by atoms with Crippen LogP contribution in [0.25, 0.3) is 0 Å². The Labute approximate surface area is 148 Å². The van der Waals surface area contributed by atoms with Crippen molar-refractivity contribution in [3.05, 3.63) is 59.4 Å². The summed E-state index contributed by atoms with van der Waals surface area (Å²) in [6.45, 7) is 2.57. The van der Waals surface area contributed by atoms with Crippen molar-refractivity contribution in [2.45, 2.75) is 25.8 Å². The van der Waals surface area contributed by atoms with Crippen molar-refractivity contribution in [1.82, 2.24) is 9.88 Å². The van der Waals surface area contributed by atoms with Crippen LogP contribution in [0.3, 0.4) is 0 Å². The maximum absolute atomic E-state index is 11.3. The number of likely N-dealkylation sites (tertiary alicyclic amines) is 1. The standard InChI is InChI=1S/C20H24N2O3/c1-25-17-6-4-15(5-7-17)13-16-8-11-22(12-9-16)14-19-18(20(23)24)3-2-10-21-19/h2-7,10,16H,8-9,11-14H2,1H3,(H,23,24). The molecule has 0 atom stereocenters. The molecule has 1 aromatic carbocycles. The van der Waals surface area contributed by atoms with Crippen LogP contribution in [-0.2, 0) is 13.0 Å². The van der Waals surface area contributed by atoms with Gasteiger partial charge in [-0.2, -0.15) is 0 Å². The molecular weight excluding hydrogens is 316 g/mol. The molecule has 0 bridgehead atoms. The van der Waals surface area contributed by atoms with Crippen LogP contribution in [0.1, 0.15) is 34.5 Å². The Kier molecular flexibility index (Phi) is 5.66. The lowest BCUT2D eigenvalue weighted by Crippen LogP contribution is -2.34. The number of carbonyl (C=O) groups is 1. The van der Waals surface area contributed by atoms with Crippen LogP contribution < -0.4 is 4.74 Å². The lowest BCUT2D eigenvalue weighted by molar-refractivity contribution is 0.0692. The monoisotopic (exact) mass is 340 g/mol. The van der Waals surface area contributed by atoms with E-state index in [0.29, 0.717) is 23.7 Å². The number of nitrogens with zero attached hydrogens (tertiary/aromatic N) is 2. The highest BCUT2D eigenvalue weighted by Gasteiger charge is 2.21. The average Bonchev–Trinajstić information content (AvgIpc) is 2.64. The van der Waals surface area contributed by atoms with Gasteiger partial charge in [0.15, 0.2) is 0 Å². The molecule has 1 aromatic heterocycles. The molecule has 25 heavy (non-hydrogen) atoms. The summed E-state index contributed by atoms with van der Waals surface area (Å²) < 4.78 is 5.20. The summed E-state index contributed by atoms with van der Waals surface area (Å²) in [5, 5.41) is 9.27. The summed E-state index contributed by atoms with van der Waals surface area (Å²) in [4.78, 5) is 17.9. The maximum Gasteiger partial charge on any atom is 0.337 e. The number of benzene rings is 1. The van der Waals surface area contributed by atoms with E-state index in [9.17, 15) is 9.90 Å². The van der Waals surface area contributed by atoms with E-state index in [2.05, 4.69) is 22.0 Å². The quantitative estimate of drug-likeness (QED) is 0.875. The number of rotatable bonds is 6. The number of piperidine rings is 1. The fourth-order valence-corrected chi connectivity index (χ4v) is 3.41. The van der Waals surface area contributed by atoms with Gasteiger partial charge in [0.2, 0.25) is 0 Å². The molecule has 2 aromatic rings. The van der Waals surface area contributed by atoms with Crippen molar-refractivity contribution in [2.75, 3.05) is 20.2 Å². The molecule has 0 aliphatic carbocycles. The van der Waals surface area contributed by atoms with Crippen LogP contribution in [0.4, 0.5) is 0 Å². The third kappa shape index (κ3) is 4.57. The lowest BCUT2D eigenvalue weighted by Gasteiger charge is -2.32. The molecule has 0 radical (unpaired) electrons. The summed E-state index contributed by atoms with van der Waals surface area (Å²) in [6.07, 6.45) is 5.00. The van der Waals surface area contributed by atoms with Crippen molar-refractivity contribution in [3.8, 4) is 5.75 Å². The van der Waals surface area contributed by atoms with Gasteiger partial charge in [-0.05, 0) is 68.1 Å². The Morgan fingerprint density at radius 3 is 2.60 bits per heavy atom. The van der Waals surface area contributed by atoms with Gasteiger partial charge in [0, 0.05) is 12.7 Å². The third-order valence-corrected chi connectivity index (χ3v) is 4.88. The van der Waals surface area contributed by atoms with Crippen molar-refractivity contribution in [3.63, 3.8) is 0 Å². The first kappa shape index (κ1) is 17.4. The number of aromatic nitrogens is 1. The number of hydrogen-bond acceptors (Lipinski definition) is 4. The van der Waals surface area contributed by atoms with Gasteiger partial charge in [-0.15, -0.1) is 0 Å². The van der Waals surface area contributed by atoms with Crippen LogP contribution in [0.5, 0.6) is 5.75 Å². The van der Waals surface area contributed by atoms with Gasteiger partial charge in [0.05, 0.1) is 18.4 Å². The highest BCUT2D eigenvalue weighted by molar-refractivity contribution is 5.88. The molecule has 0 amide bonds. The average molecular weight is 340 g/mol. The SMILES string of the molecule is COc1ccc(CC2CCN(Cc3ncccc3C(=O)O)CC2)cc1. The summed E-state index contributed by atoms with van der Waals surface area (Å²) in [5.41, 5.74) is 2.31.